The molecule has 0 saturated carbocycles. The van der Waals surface area contributed by atoms with Crippen molar-refractivity contribution in [1.29, 1.82) is 0 Å². The van der Waals surface area contributed by atoms with Crippen LogP contribution in [0.1, 0.15) is 30.1 Å². The van der Waals surface area contributed by atoms with E-state index in [0.717, 1.165) is 47.9 Å². The predicted octanol–water partition coefficient (Wildman–Crippen LogP) is 5.05. The first-order valence-corrected chi connectivity index (χ1v) is 10.0. The SMILES string of the molecule is O=C(CN1CCC(c2nc3ccccc3[nH]2)CC1)Nc1cc(C(F)(F)F)ccc1Cl. The van der Waals surface area contributed by atoms with Crippen LogP contribution in [0.4, 0.5) is 18.9 Å². The second kappa shape index (κ2) is 8.28. The first kappa shape index (κ1) is 20.7. The highest BCUT2D eigenvalue weighted by atomic mass is 35.5. The molecule has 30 heavy (non-hydrogen) atoms. The summed E-state index contributed by atoms with van der Waals surface area (Å²) in [5.74, 6) is 0.851. The number of fused-ring (bicyclic) bond motifs is 1. The van der Waals surface area contributed by atoms with Crippen molar-refractivity contribution in [1.82, 2.24) is 14.9 Å². The number of likely N-dealkylation sites (tertiary alicyclic amines) is 1. The summed E-state index contributed by atoms with van der Waals surface area (Å²) in [6.45, 7) is 1.50. The van der Waals surface area contributed by atoms with Crippen molar-refractivity contribution in [2.75, 3.05) is 25.0 Å². The lowest BCUT2D eigenvalue weighted by molar-refractivity contribution is -0.137. The van der Waals surface area contributed by atoms with Crippen molar-refractivity contribution < 1.29 is 18.0 Å². The third-order valence-electron chi connectivity index (χ3n) is 5.32. The van der Waals surface area contributed by atoms with Crippen molar-refractivity contribution in [3.63, 3.8) is 0 Å². The molecular formula is C21H20ClF3N4O. The van der Waals surface area contributed by atoms with Gasteiger partial charge in [0.15, 0.2) is 0 Å². The number of anilines is 1. The largest absolute Gasteiger partial charge is 0.416 e. The molecule has 2 N–H and O–H groups in total. The lowest BCUT2D eigenvalue weighted by Gasteiger charge is -2.30. The molecule has 9 heteroatoms. The summed E-state index contributed by atoms with van der Waals surface area (Å²) in [5, 5.41) is 2.57. The number of nitrogens with zero attached hydrogens (tertiary/aromatic N) is 2. The van der Waals surface area contributed by atoms with Gasteiger partial charge in [0.2, 0.25) is 5.91 Å². The van der Waals surface area contributed by atoms with Crippen LogP contribution in [0.2, 0.25) is 5.02 Å². The maximum absolute atomic E-state index is 12.9. The highest BCUT2D eigenvalue weighted by Gasteiger charge is 2.31. The van der Waals surface area contributed by atoms with Crippen molar-refractivity contribution in [2.45, 2.75) is 24.9 Å². The van der Waals surface area contributed by atoms with Gasteiger partial charge in [-0.05, 0) is 56.3 Å². The van der Waals surface area contributed by atoms with Crippen LogP contribution in [0.25, 0.3) is 11.0 Å². The average Bonchev–Trinajstić information content (AvgIpc) is 3.13. The van der Waals surface area contributed by atoms with E-state index in [-0.39, 0.29) is 23.2 Å². The molecule has 1 fully saturated rings. The van der Waals surface area contributed by atoms with Crippen LogP contribution in [-0.2, 0) is 11.0 Å². The van der Waals surface area contributed by atoms with Gasteiger partial charge >= 0.3 is 6.18 Å². The highest BCUT2D eigenvalue weighted by Crippen LogP contribution is 2.34. The van der Waals surface area contributed by atoms with Gasteiger partial charge in [0.05, 0.1) is 33.9 Å². The predicted molar refractivity (Wildman–Crippen MR) is 110 cm³/mol. The van der Waals surface area contributed by atoms with E-state index in [1.807, 2.05) is 29.2 Å². The standard InChI is InChI=1S/C21H20ClF3N4O/c22-15-6-5-14(21(23,24)25)11-18(15)26-19(30)12-29-9-7-13(8-10-29)20-27-16-3-1-2-4-17(16)28-20/h1-6,11,13H,7-10,12H2,(H,26,30)(H,27,28). The van der Waals surface area contributed by atoms with Gasteiger partial charge in [0.1, 0.15) is 5.82 Å². The maximum atomic E-state index is 12.9. The monoisotopic (exact) mass is 436 g/mol. The number of rotatable bonds is 4. The molecule has 2 heterocycles. The molecule has 0 atom stereocenters. The Morgan fingerprint density at radius 1 is 1.20 bits per heavy atom. The highest BCUT2D eigenvalue weighted by molar-refractivity contribution is 6.33. The number of hydrogen-bond acceptors (Lipinski definition) is 3. The van der Waals surface area contributed by atoms with E-state index in [1.54, 1.807) is 0 Å². The lowest BCUT2D eigenvalue weighted by Crippen LogP contribution is -2.39. The van der Waals surface area contributed by atoms with Crippen LogP contribution < -0.4 is 5.32 Å². The van der Waals surface area contributed by atoms with Gasteiger partial charge in [-0.3, -0.25) is 9.69 Å². The normalized spacial score (nSPS) is 16.1. The zero-order valence-electron chi connectivity index (χ0n) is 16.0. The Hall–Kier alpha value is -2.58. The summed E-state index contributed by atoms with van der Waals surface area (Å²) in [4.78, 5) is 22.4. The third kappa shape index (κ3) is 4.60. The fraction of sp³-hybridized carbons (Fsp3) is 0.333. The third-order valence-corrected chi connectivity index (χ3v) is 5.65. The molecule has 0 unspecified atom stereocenters. The molecule has 5 nitrogen and oxygen atoms in total. The van der Waals surface area contributed by atoms with E-state index in [2.05, 4.69) is 15.3 Å². The summed E-state index contributed by atoms with van der Waals surface area (Å²) in [5.41, 5.74) is 1.06. The second-order valence-electron chi connectivity index (χ2n) is 7.43. The zero-order valence-corrected chi connectivity index (χ0v) is 16.7. The van der Waals surface area contributed by atoms with Crippen molar-refractivity contribution in [3.8, 4) is 0 Å². The van der Waals surface area contributed by atoms with Gasteiger partial charge in [0.25, 0.3) is 0 Å². The fourth-order valence-corrected chi connectivity index (χ4v) is 3.89. The molecule has 1 aliphatic rings. The number of amides is 1. The molecule has 0 bridgehead atoms. The minimum atomic E-state index is -4.50. The van der Waals surface area contributed by atoms with E-state index < -0.39 is 17.6 Å². The van der Waals surface area contributed by atoms with Crippen LogP contribution in [0.15, 0.2) is 42.5 Å². The number of carbonyl (C=O) groups is 1. The zero-order chi connectivity index (χ0) is 21.3. The molecular weight excluding hydrogens is 417 g/mol. The van der Waals surface area contributed by atoms with Gasteiger partial charge in [-0.25, -0.2) is 4.98 Å². The van der Waals surface area contributed by atoms with E-state index in [0.29, 0.717) is 13.1 Å². The van der Waals surface area contributed by atoms with Gasteiger partial charge < -0.3 is 10.3 Å². The number of imidazole rings is 1. The Morgan fingerprint density at radius 2 is 1.93 bits per heavy atom. The number of para-hydroxylation sites is 2. The van der Waals surface area contributed by atoms with Gasteiger partial charge in [-0.1, -0.05) is 23.7 Å². The molecule has 1 aromatic heterocycles. The minimum absolute atomic E-state index is 0.0337. The minimum Gasteiger partial charge on any atom is -0.342 e. The van der Waals surface area contributed by atoms with Crippen LogP contribution >= 0.6 is 11.6 Å². The number of carbonyl (C=O) groups excluding carboxylic acids is 1. The van der Waals surface area contributed by atoms with Gasteiger partial charge in [0, 0.05) is 5.92 Å². The molecule has 0 spiro atoms. The summed E-state index contributed by atoms with van der Waals surface area (Å²) in [7, 11) is 0. The number of H-pyrrole nitrogens is 1. The van der Waals surface area contributed by atoms with Crippen LogP contribution in [-0.4, -0.2) is 40.4 Å². The second-order valence-corrected chi connectivity index (χ2v) is 7.84. The number of aromatic nitrogens is 2. The van der Waals surface area contributed by atoms with Crippen LogP contribution in [0.5, 0.6) is 0 Å². The molecule has 0 radical (unpaired) electrons. The number of aromatic amines is 1. The first-order valence-electron chi connectivity index (χ1n) is 9.63. The smallest absolute Gasteiger partial charge is 0.342 e. The van der Waals surface area contributed by atoms with Crippen molar-refractivity contribution in [2.24, 2.45) is 0 Å². The Bertz CT molecular complexity index is 1020. The number of hydrogen-bond donors (Lipinski definition) is 2. The Kier molecular flexibility index (Phi) is 5.71. The van der Waals surface area contributed by atoms with E-state index in [9.17, 15) is 18.0 Å². The summed E-state index contributed by atoms with van der Waals surface area (Å²) in [6, 6.07) is 10.7. The Morgan fingerprint density at radius 3 is 2.63 bits per heavy atom. The van der Waals surface area contributed by atoms with Gasteiger partial charge in [-0.15, -0.1) is 0 Å². The van der Waals surface area contributed by atoms with E-state index in [4.69, 9.17) is 11.6 Å². The topological polar surface area (TPSA) is 61.0 Å². The van der Waals surface area contributed by atoms with Crippen molar-refractivity contribution >= 4 is 34.2 Å². The molecule has 3 aromatic rings. The maximum Gasteiger partial charge on any atom is 0.416 e. The number of alkyl halides is 3. The molecule has 1 aliphatic heterocycles. The van der Waals surface area contributed by atoms with E-state index >= 15 is 0 Å². The summed E-state index contributed by atoms with van der Waals surface area (Å²) >= 11 is 5.95. The Labute approximate surface area is 176 Å². The molecule has 4 rings (SSSR count). The first-order chi connectivity index (χ1) is 14.3. The molecule has 0 aliphatic carbocycles. The van der Waals surface area contributed by atoms with Crippen molar-refractivity contribution in [3.05, 3.63) is 58.9 Å². The number of benzene rings is 2. The number of nitrogens with one attached hydrogen (secondary N) is 2. The fourth-order valence-electron chi connectivity index (χ4n) is 3.72. The molecule has 1 saturated heterocycles. The van der Waals surface area contributed by atoms with Crippen LogP contribution in [0.3, 0.4) is 0 Å². The molecule has 1 amide bonds. The molecule has 158 valence electrons. The number of halogens is 4. The van der Waals surface area contributed by atoms with E-state index in [1.165, 1.54) is 0 Å². The summed E-state index contributed by atoms with van der Waals surface area (Å²) in [6.07, 6.45) is -2.81. The summed E-state index contributed by atoms with van der Waals surface area (Å²) < 4.78 is 38.6. The molecule has 2 aromatic carbocycles. The number of piperidine rings is 1. The Balaban J connectivity index is 1.33. The van der Waals surface area contributed by atoms with Crippen LogP contribution in [0, 0.1) is 0 Å². The lowest BCUT2D eigenvalue weighted by atomic mass is 9.96. The van der Waals surface area contributed by atoms with Gasteiger partial charge in [-0.2, -0.15) is 13.2 Å². The average molecular weight is 437 g/mol. The quantitative estimate of drug-likeness (QED) is 0.601.